The molecule has 0 saturated carbocycles. The lowest BCUT2D eigenvalue weighted by Crippen LogP contribution is -2.34. The fraction of sp³-hybridized carbons (Fsp3) is 0.565. The number of thiophene rings is 2. The molecule has 0 aliphatic carbocycles. The summed E-state index contributed by atoms with van der Waals surface area (Å²) < 4.78 is 11.0. The third-order valence-corrected chi connectivity index (χ3v) is 6.72. The molecular formula is C23H33NO3S2. The Hall–Kier alpha value is -1.02. The lowest BCUT2D eigenvalue weighted by Gasteiger charge is -2.29. The number of rotatable bonds is 12. The van der Waals surface area contributed by atoms with Crippen molar-refractivity contribution in [3.63, 3.8) is 0 Å². The molecule has 29 heavy (non-hydrogen) atoms. The van der Waals surface area contributed by atoms with Gasteiger partial charge in [-0.05, 0) is 69.6 Å². The highest BCUT2D eigenvalue weighted by molar-refractivity contribution is 7.08. The SMILES string of the molecule is CCCCC(O)COCOCCN1CCC(=C(c2ccsc2)c2ccsc2)CC1. The van der Waals surface area contributed by atoms with Crippen molar-refractivity contribution in [3.05, 3.63) is 50.4 Å². The Morgan fingerprint density at radius 1 is 1.10 bits per heavy atom. The molecule has 1 unspecified atom stereocenters. The fourth-order valence-electron chi connectivity index (χ4n) is 3.70. The van der Waals surface area contributed by atoms with E-state index in [0.29, 0.717) is 13.2 Å². The van der Waals surface area contributed by atoms with Crippen molar-refractivity contribution in [3.8, 4) is 0 Å². The monoisotopic (exact) mass is 435 g/mol. The van der Waals surface area contributed by atoms with Crippen LogP contribution < -0.4 is 0 Å². The third-order valence-electron chi connectivity index (χ3n) is 5.35. The highest BCUT2D eigenvalue weighted by atomic mass is 32.1. The number of hydrogen-bond donors (Lipinski definition) is 1. The van der Waals surface area contributed by atoms with E-state index in [-0.39, 0.29) is 12.9 Å². The third kappa shape index (κ3) is 7.31. The first-order valence-electron chi connectivity index (χ1n) is 10.6. The van der Waals surface area contributed by atoms with E-state index in [1.165, 1.54) is 16.7 Å². The summed E-state index contributed by atoms with van der Waals surface area (Å²) in [5.74, 6) is 0. The summed E-state index contributed by atoms with van der Waals surface area (Å²) in [6, 6.07) is 4.48. The van der Waals surface area contributed by atoms with Crippen molar-refractivity contribution in [1.82, 2.24) is 4.90 Å². The number of likely N-dealkylation sites (tertiary alicyclic amines) is 1. The number of nitrogens with zero attached hydrogens (tertiary/aromatic N) is 1. The lowest BCUT2D eigenvalue weighted by molar-refractivity contribution is -0.0831. The molecule has 1 atom stereocenters. The summed E-state index contributed by atoms with van der Waals surface area (Å²) in [5.41, 5.74) is 5.73. The molecule has 1 saturated heterocycles. The van der Waals surface area contributed by atoms with Crippen molar-refractivity contribution in [2.75, 3.05) is 39.6 Å². The van der Waals surface area contributed by atoms with Crippen LogP contribution in [0.1, 0.15) is 50.2 Å². The van der Waals surface area contributed by atoms with Crippen LogP contribution in [0.3, 0.4) is 0 Å². The van der Waals surface area contributed by atoms with Gasteiger partial charge in [-0.25, -0.2) is 0 Å². The Balaban J connectivity index is 1.38. The van der Waals surface area contributed by atoms with E-state index in [9.17, 15) is 5.11 Å². The Morgan fingerprint density at radius 3 is 2.38 bits per heavy atom. The molecule has 3 heterocycles. The predicted molar refractivity (Wildman–Crippen MR) is 123 cm³/mol. The molecule has 1 aliphatic heterocycles. The van der Waals surface area contributed by atoms with Crippen molar-refractivity contribution in [1.29, 1.82) is 0 Å². The molecular weight excluding hydrogens is 402 g/mol. The van der Waals surface area contributed by atoms with E-state index in [0.717, 1.165) is 51.7 Å². The van der Waals surface area contributed by atoms with Gasteiger partial charge in [0.15, 0.2) is 0 Å². The summed E-state index contributed by atoms with van der Waals surface area (Å²) >= 11 is 3.53. The minimum atomic E-state index is -0.369. The van der Waals surface area contributed by atoms with Gasteiger partial charge in [-0.3, -0.25) is 0 Å². The van der Waals surface area contributed by atoms with E-state index in [1.807, 2.05) is 0 Å². The molecule has 0 bridgehead atoms. The first-order valence-corrected chi connectivity index (χ1v) is 12.5. The average Bonchev–Trinajstić information content (AvgIpc) is 3.45. The number of ether oxygens (including phenoxy) is 2. The van der Waals surface area contributed by atoms with Crippen LogP contribution in [0, 0.1) is 0 Å². The molecule has 0 aromatic carbocycles. The van der Waals surface area contributed by atoms with E-state index >= 15 is 0 Å². The molecule has 1 fully saturated rings. The van der Waals surface area contributed by atoms with Crippen LogP contribution in [0.2, 0.25) is 0 Å². The maximum atomic E-state index is 9.76. The standard InChI is InChI=1S/C23H33NO3S2/c1-2-3-4-22(25)15-27-18-26-12-11-24-9-5-19(6-10-24)23(20-7-13-28-16-20)21-8-14-29-17-21/h7-8,13-14,16-17,22,25H,2-6,9-12,15,18H2,1H3. The van der Waals surface area contributed by atoms with Crippen molar-refractivity contribution >= 4 is 28.2 Å². The van der Waals surface area contributed by atoms with Gasteiger partial charge < -0.3 is 19.5 Å². The van der Waals surface area contributed by atoms with Gasteiger partial charge in [0.1, 0.15) is 6.79 Å². The first-order chi connectivity index (χ1) is 14.3. The zero-order valence-corrected chi connectivity index (χ0v) is 19.0. The minimum Gasteiger partial charge on any atom is -0.391 e. The Kier molecular flexibility index (Phi) is 9.86. The van der Waals surface area contributed by atoms with Gasteiger partial charge in [0.25, 0.3) is 0 Å². The van der Waals surface area contributed by atoms with Crippen LogP contribution >= 0.6 is 22.7 Å². The quantitative estimate of drug-likeness (QED) is 0.365. The van der Waals surface area contributed by atoms with Crippen molar-refractivity contribution in [2.45, 2.75) is 45.1 Å². The van der Waals surface area contributed by atoms with Crippen molar-refractivity contribution in [2.24, 2.45) is 0 Å². The van der Waals surface area contributed by atoms with E-state index in [2.05, 4.69) is 45.5 Å². The normalized spacial score (nSPS) is 16.3. The molecule has 0 spiro atoms. The van der Waals surface area contributed by atoms with Gasteiger partial charge >= 0.3 is 0 Å². The lowest BCUT2D eigenvalue weighted by atomic mass is 9.91. The van der Waals surface area contributed by atoms with Crippen LogP contribution in [0.25, 0.3) is 5.57 Å². The number of unbranched alkanes of at least 4 members (excludes halogenated alkanes) is 1. The van der Waals surface area contributed by atoms with Gasteiger partial charge in [0.05, 0.1) is 19.3 Å². The largest absolute Gasteiger partial charge is 0.391 e. The molecule has 3 rings (SSSR count). The van der Waals surface area contributed by atoms with Crippen LogP contribution in [0.4, 0.5) is 0 Å². The molecule has 4 nitrogen and oxygen atoms in total. The second-order valence-electron chi connectivity index (χ2n) is 7.54. The second kappa shape index (κ2) is 12.6. The number of aliphatic hydroxyl groups is 1. The molecule has 6 heteroatoms. The van der Waals surface area contributed by atoms with Gasteiger partial charge in [-0.15, -0.1) is 0 Å². The number of hydrogen-bond acceptors (Lipinski definition) is 6. The molecule has 2 aromatic rings. The maximum absolute atomic E-state index is 9.76. The average molecular weight is 436 g/mol. The Morgan fingerprint density at radius 2 is 1.79 bits per heavy atom. The summed E-state index contributed by atoms with van der Waals surface area (Å²) in [5, 5.41) is 18.6. The van der Waals surface area contributed by atoms with E-state index in [4.69, 9.17) is 9.47 Å². The second-order valence-corrected chi connectivity index (χ2v) is 9.10. The molecule has 0 radical (unpaired) electrons. The summed E-state index contributed by atoms with van der Waals surface area (Å²) in [6.45, 7) is 6.52. The molecule has 0 amide bonds. The number of aliphatic hydroxyl groups excluding tert-OH is 1. The molecule has 2 aromatic heterocycles. The van der Waals surface area contributed by atoms with E-state index in [1.54, 1.807) is 28.2 Å². The summed E-state index contributed by atoms with van der Waals surface area (Å²) in [4.78, 5) is 2.47. The smallest absolute Gasteiger partial charge is 0.146 e. The topological polar surface area (TPSA) is 41.9 Å². The van der Waals surface area contributed by atoms with Crippen LogP contribution in [-0.4, -0.2) is 55.8 Å². The van der Waals surface area contributed by atoms with Gasteiger partial charge in [0, 0.05) is 19.6 Å². The van der Waals surface area contributed by atoms with Gasteiger partial charge in [-0.2, -0.15) is 22.7 Å². The maximum Gasteiger partial charge on any atom is 0.146 e. The Labute approximate surface area is 182 Å². The first kappa shape index (κ1) is 22.7. The highest BCUT2D eigenvalue weighted by Crippen LogP contribution is 2.34. The molecule has 160 valence electrons. The van der Waals surface area contributed by atoms with Crippen LogP contribution in [0.15, 0.2) is 39.2 Å². The van der Waals surface area contributed by atoms with Gasteiger partial charge in [-0.1, -0.05) is 25.3 Å². The zero-order valence-electron chi connectivity index (χ0n) is 17.3. The van der Waals surface area contributed by atoms with E-state index < -0.39 is 0 Å². The van der Waals surface area contributed by atoms with Crippen molar-refractivity contribution < 1.29 is 14.6 Å². The molecule has 1 aliphatic rings. The van der Waals surface area contributed by atoms with Gasteiger partial charge in [0.2, 0.25) is 0 Å². The fourth-order valence-corrected chi connectivity index (χ4v) is 5.00. The predicted octanol–water partition coefficient (Wildman–Crippen LogP) is 5.25. The minimum absolute atomic E-state index is 0.267. The zero-order chi connectivity index (χ0) is 20.3. The summed E-state index contributed by atoms with van der Waals surface area (Å²) in [7, 11) is 0. The molecule has 1 N–H and O–H groups in total. The van der Waals surface area contributed by atoms with Crippen LogP contribution in [0.5, 0.6) is 0 Å². The summed E-state index contributed by atoms with van der Waals surface area (Å²) in [6.07, 6.45) is 4.80. The Bertz CT molecular complexity index is 666. The highest BCUT2D eigenvalue weighted by Gasteiger charge is 2.19. The van der Waals surface area contributed by atoms with Crippen LogP contribution in [-0.2, 0) is 9.47 Å². The number of piperidine rings is 1.